The van der Waals surface area contributed by atoms with Crippen LogP contribution in [0, 0.1) is 12.7 Å². The highest BCUT2D eigenvalue weighted by Gasteiger charge is 2.22. The molecule has 2 N–H and O–H groups in total. The van der Waals surface area contributed by atoms with E-state index in [2.05, 4.69) is 10.0 Å². The topological polar surface area (TPSA) is 84.5 Å². The molecule has 3 rings (SSSR count). The van der Waals surface area contributed by atoms with Crippen molar-refractivity contribution in [3.8, 4) is 5.75 Å². The average Bonchev–Trinajstić information content (AvgIpc) is 2.80. The first-order chi connectivity index (χ1) is 15.8. The monoisotopic (exact) mass is 488 g/mol. The van der Waals surface area contributed by atoms with Crippen LogP contribution in [0.5, 0.6) is 5.75 Å². The average molecular weight is 489 g/mol. The summed E-state index contributed by atoms with van der Waals surface area (Å²) in [7, 11) is -2.62. The van der Waals surface area contributed by atoms with Crippen LogP contribution in [0.3, 0.4) is 0 Å². The minimum atomic E-state index is -3.98. The summed E-state index contributed by atoms with van der Waals surface area (Å²) < 4.78 is 47.3. The number of methoxy groups -OCH3 is 1. The van der Waals surface area contributed by atoms with E-state index in [1.807, 2.05) is 6.92 Å². The number of amides is 1. The molecule has 1 amide bonds. The normalized spacial score (nSPS) is 11.1. The number of nitrogens with one attached hydrogen (secondary N) is 2. The summed E-state index contributed by atoms with van der Waals surface area (Å²) in [5.74, 6) is 0.553. The molecule has 0 spiro atoms. The summed E-state index contributed by atoms with van der Waals surface area (Å²) in [6.07, 6.45) is 0. The number of ether oxygens (including phenoxy) is 1. The number of benzene rings is 3. The van der Waals surface area contributed by atoms with Gasteiger partial charge in [0, 0.05) is 29.3 Å². The van der Waals surface area contributed by atoms with Gasteiger partial charge in [0.25, 0.3) is 15.9 Å². The summed E-state index contributed by atoms with van der Waals surface area (Å²) in [5.41, 5.74) is 2.21. The molecule has 3 aromatic carbocycles. The van der Waals surface area contributed by atoms with Crippen molar-refractivity contribution in [3.63, 3.8) is 0 Å². The van der Waals surface area contributed by atoms with Gasteiger partial charge in [0.15, 0.2) is 0 Å². The van der Waals surface area contributed by atoms with Crippen molar-refractivity contribution >= 4 is 33.4 Å². The molecule has 6 nitrogen and oxygen atoms in total. The minimum Gasteiger partial charge on any atom is -0.495 e. The maximum atomic E-state index is 13.7. The Morgan fingerprint density at radius 3 is 2.48 bits per heavy atom. The molecule has 0 atom stereocenters. The molecule has 0 unspecified atom stereocenters. The fraction of sp³-hybridized carbons (Fsp3) is 0.208. The van der Waals surface area contributed by atoms with Crippen molar-refractivity contribution in [2.45, 2.75) is 17.6 Å². The van der Waals surface area contributed by atoms with Crippen molar-refractivity contribution in [1.29, 1.82) is 0 Å². The molecule has 0 aromatic heterocycles. The first-order valence-electron chi connectivity index (χ1n) is 10.2. The number of thioether (sulfide) groups is 1. The van der Waals surface area contributed by atoms with Gasteiger partial charge in [-0.05, 0) is 48.9 Å². The smallest absolute Gasteiger partial charge is 0.265 e. The molecule has 0 radical (unpaired) electrons. The van der Waals surface area contributed by atoms with Gasteiger partial charge in [0.2, 0.25) is 0 Å². The van der Waals surface area contributed by atoms with Crippen molar-refractivity contribution in [2.75, 3.05) is 24.1 Å². The Morgan fingerprint density at radius 1 is 1.06 bits per heavy atom. The highest BCUT2D eigenvalue weighted by atomic mass is 32.2. The molecule has 9 heteroatoms. The number of halogens is 1. The lowest BCUT2D eigenvalue weighted by Crippen LogP contribution is -2.26. The van der Waals surface area contributed by atoms with E-state index < -0.39 is 15.9 Å². The van der Waals surface area contributed by atoms with Crippen LogP contribution in [0.25, 0.3) is 0 Å². The third kappa shape index (κ3) is 6.72. The predicted molar refractivity (Wildman–Crippen MR) is 130 cm³/mol. The van der Waals surface area contributed by atoms with Gasteiger partial charge in [0.1, 0.15) is 16.5 Å². The van der Waals surface area contributed by atoms with Crippen LogP contribution >= 0.6 is 11.8 Å². The lowest BCUT2D eigenvalue weighted by Gasteiger charge is -2.13. The van der Waals surface area contributed by atoms with E-state index in [-0.39, 0.29) is 22.0 Å². The third-order valence-electron chi connectivity index (χ3n) is 4.77. The highest BCUT2D eigenvalue weighted by molar-refractivity contribution is 7.98. The zero-order chi connectivity index (χ0) is 23.8. The SMILES string of the molecule is COc1ccc(C(=O)NCCSCc2ccccc2F)cc1S(=O)(=O)Nc1ccc(C)cc1. The van der Waals surface area contributed by atoms with Crippen molar-refractivity contribution in [2.24, 2.45) is 0 Å². The molecule has 0 saturated carbocycles. The van der Waals surface area contributed by atoms with Crippen LogP contribution in [0.2, 0.25) is 0 Å². The van der Waals surface area contributed by atoms with Gasteiger partial charge in [-0.25, -0.2) is 12.8 Å². The number of carbonyl (C=O) groups is 1. The Hall–Kier alpha value is -3.04. The van der Waals surface area contributed by atoms with E-state index in [1.54, 1.807) is 42.5 Å². The predicted octanol–water partition coefficient (Wildman–Crippen LogP) is 4.61. The van der Waals surface area contributed by atoms with E-state index in [0.717, 1.165) is 5.56 Å². The number of hydrogen-bond donors (Lipinski definition) is 2. The lowest BCUT2D eigenvalue weighted by molar-refractivity contribution is 0.0956. The highest BCUT2D eigenvalue weighted by Crippen LogP contribution is 2.27. The second-order valence-electron chi connectivity index (χ2n) is 7.24. The number of hydrogen-bond acceptors (Lipinski definition) is 5. The molecular formula is C24H25FN2O4S2. The quantitative estimate of drug-likeness (QED) is 0.407. The van der Waals surface area contributed by atoms with Gasteiger partial charge in [0.05, 0.1) is 7.11 Å². The van der Waals surface area contributed by atoms with Gasteiger partial charge in [-0.2, -0.15) is 11.8 Å². The summed E-state index contributed by atoms with van der Waals surface area (Å²) in [5, 5.41) is 2.76. The molecule has 0 bridgehead atoms. The molecule has 0 aliphatic rings. The van der Waals surface area contributed by atoms with Gasteiger partial charge in [-0.15, -0.1) is 0 Å². The van der Waals surface area contributed by atoms with Crippen LogP contribution < -0.4 is 14.8 Å². The Morgan fingerprint density at radius 2 is 1.79 bits per heavy atom. The zero-order valence-electron chi connectivity index (χ0n) is 18.3. The fourth-order valence-corrected chi connectivity index (χ4v) is 5.10. The number of sulfonamides is 1. The molecule has 0 saturated heterocycles. The summed E-state index contributed by atoms with van der Waals surface area (Å²) in [6, 6.07) is 17.7. The van der Waals surface area contributed by atoms with Gasteiger partial charge in [-0.3, -0.25) is 9.52 Å². The number of rotatable bonds is 10. The van der Waals surface area contributed by atoms with Crippen molar-refractivity contribution in [3.05, 3.63) is 89.2 Å². The number of anilines is 1. The molecule has 0 heterocycles. The summed E-state index contributed by atoms with van der Waals surface area (Å²) >= 11 is 1.49. The van der Waals surface area contributed by atoms with E-state index in [1.165, 1.54) is 43.1 Å². The van der Waals surface area contributed by atoms with E-state index >= 15 is 0 Å². The van der Waals surface area contributed by atoms with Gasteiger partial charge in [-0.1, -0.05) is 35.9 Å². The van der Waals surface area contributed by atoms with Crippen LogP contribution in [0.15, 0.2) is 71.6 Å². The molecule has 33 heavy (non-hydrogen) atoms. The van der Waals surface area contributed by atoms with Crippen LogP contribution in [-0.2, 0) is 15.8 Å². The number of aryl methyl sites for hydroxylation is 1. The minimum absolute atomic E-state index is 0.131. The van der Waals surface area contributed by atoms with Gasteiger partial charge < -0.3 is 10.1 Å². The van der Waals surface area contributed by atoms with Crippen LogP contribution in [0.4, 0.5) is 10.1 Å². The maximum Gasteiger partial charge on any atom is 0.265 e. The Bertz CT molecular complexity index is 1220. The molecule has 0 aliphatic carbocycles. The van der Waals surface area contributed by atoms with E-state index in [9.17, 15) is 17.6 Å². The van der Waals surface area contributed by atoms with Gasteiger partial charge >= 0.3 is 0 Å². The summed E-state index contributed by atoms with van der Waals surface area (Å²) in [4.78, 5) is 12.4. The standard InChI is InChI=1S/C24H25FN2O4S2/c1-17-7-10-20(11-8-17)27-33(29,30)23-15-18(9-12-22(23)31-2)24(28)26-13-14-32-16-19-5-3-4-6-21(19)25/h3-12,15,27H,13-14,16H2,1-2H3,(H,26,28). The molecular weight excluding hydrogens is 463 g/mol. The summed E-state index contributed by atoms with van der Waals surface area (Å²) in [6.45, 7) is 2.26. The van der Waals surface area contributed by atoms with E-state index in [4.69, 9.17) is 4.74 Å². The molecule has 0 fully saturated rings. The second-order valence-corrected chi connectivity index (χ2v) is 9.99. The largest absolute Gasteiger partial charge is 0.495 e. The lowest BCUT2D eigenvalue weighted by atomic mass is 10.2. The zero-order valence-corrected chi connectivity index (χ0v) is 19.9. The van der Waals surface area contributed by atoms with E-state index in [0.29, 0.717) is 29.3 Å². The molecule has 174 valence electrons. The van der Waals surface area contributed by atoms with Crippen molar-refractivity contribution in [1.82, 2.24) is 5.32 Å². The Kier molecular flexibility index (Phi) is 8.35. The second kappa shape index (κ2) is 11.2. The Balaban J connectivity index is 1.63. The van der Waals surface area contributed by atoms with Crippen molar-refractivity contribution < 1.29 is 22.3 Å². The molecule has 3 aromatic rings. The first-order valence-corrected chi connectivity index (χ1v) is 12.8. The fourth-order valence-electron chi connectivity index (χ4n) is 3.00. The molecule has 0 aliphatic heterocycles. The Labute approximate surface area is 197 Å². The third-order valence-corrected chi connectivity index (χ3v) is 7.18. The van der Waals surface area contributed by atoms with Crippen LogP contribution in [-0.4, -0.2) is 33.7 Å². The first kappa shape index (κ1) is 24.6. The number of carbonyl (C=O) groups excluding carboxylic acids is 1. The van der Waals surface area contributed by atoms with Crippen LogP contribution in [0.1, 0.15) is 21.5 Å². The maximum absolute atomic E-state index is 13.7.